The summed E-state index contributed by atoms with van der Waals surface area (Å²) < 4.78 is 23.3. The SMILES string of the molecule is COc1cc2ncc(-c3cccc(N[C@H]4CNC[C@@H]4F)n3)n2cc1-c1cnn(C)c1. The molecule has 1 aliphatic rings. The fourth-order valence-electron chi connectivity index (χ4n) is 3.78. The van der Waals surface area contributed by atoms with E-state index in [1.807, 2.05) is 48.1 Å². The van der Waals surface area contributed by atoms with Crippen LogP contribution in [0, 0.1) is 0 Å². The first-order valence-corrected chi connectivity index (χ1v) is 9.75. The summed E-state index contributed by atoms with van der Waals surface area (Å²) in [6.07, 6.45) is 6.57. The number of aromatic nitrogens is 5. The molecule has 8 nitrogen and oxygen atoms in total. The summed E-state index contributed by atoms with van der Waals surface area (Å²) in [5.41, 5.74) is 4.18. The molecule has 0 bridgehead atoms. The maximum absolute atomic E-state index is 13.9. The Morgan fingerprint density at radius 3 is 2.87 bits per heavy atom. The second-order valence-electron chi connectivity index (χ2n) is 7.36. The zero-order valence-electron chi connectivity index (χ0n) is 16.7. The van der Waals surface area contributed by atoms with Crippen LogP contribution in [0.25, 0.3) is 28.2 Å². The number of fused-ring (bicyclic) bond motifs is 1. The summed E-state index contributed by atoms with van der Waals surface area (Å²) in [6, 6.07) is 7.29. The van der Waals surface area contributed by atoms with Crippen molar-refractivity contribution in [1.29, 1.82) is 0 Å². The number of ether oxygens (including phenoxy) is 1. The zero-order chi connectivity index (χ0) is 20.7. The molecule has 2 atom stereocenters. The van der Waals surface area contributed by atoms with Crippen LogP contribution in [0.15, 0.2) is 49.1 Å². The Labute approximate surface area is 172 Å². The van der Waals surface area contributed by atoms with Crippen LogP contribution in [0.1, 0.15) is 0 Å². The number of pyridine rings is 2. The van der Waals surface area contributed by atoms with E-state index in [9.17, 15) is 4.39 Å². The second kappa shape index (κ2) is 7.42. The van der Waals surface area contributed by atoms with Crippen LogP contribution in [0.3, 0.4) is 0 Å². The van der Waals surface area contributed by atoms with Gasteiger partial charge in [-0.15, -0.1) is 0 Å². The Balaban J connectivity index is 1.55. The first kappa shape index (κ1) is 18.6. The normalized spacial score (nSPS) is 18.8. The van der Waals surface area contributed by atoms with Crippen LogP contribution in [-0.2, 0) is 7.05 Å². The van der Waals surface area contributed by atoms with Gasteiger partial charge in [-0.3, -0.25) is 9.08 Å². The van der Waals surface area contributed by atoms with E-state index in [4.69, 9.17) is 9.72 Å². The maximum Gasteiger partial charge on any atom is 0.140 e. The first-order valence-electron chi connectivity index (χ1n) is 9.75. The van der Waals surface area contributed by atoms with E-state index < -0.39 is 6.17 Å². The molecular formula is C21H22FN7O. The molecule has 0 saturated carbocycles. The molecule has 1 fully saturated rings. The van der Waals surface area contributed by atoms with E-state index in [1.165, 1.54) is 0 Å². The average molecular weight is 407 g/mol. The van der Waals surface area contributed by atoms with Crippen molar-refractivity contribution in [2.45, 2.75) is 12.2 Å². The third-order valence-electron chi connectivity index (χ3n) is 5.33. The van der Waals surface area contributed by atoms with Gasteiger partial charge in [-0.1, -0.05) is 6.07 Å². The molecule has 4 aromatic heterocycles. The fraction of sp³-hybridized carbons (Fsp3) is 0.286. The molecule has 9 heteroatoms. The second-order valence-corrected chi connectivity index (χ2v) is 7.36. The summed E-state index contributed by atoms with van der Waals surface area (Å²) >= 11 is 0. The number of hydrogen-bond donors (Lipinski definition) is 2. The van der Waals surface area contributed by atoms with E-state index in [-0.39, 0.29) is 6.04 Å². The topological polar surface area (TPSA) is 81.3 Å². The number of rotatable bonds is 5. The summed E-state index contributed by atoms with van der Waals surface area (Å²) in [6.45, 7) is 0.945. The van der Waals surface area contributed by atoms with Gasteiger partial charge in [0.15, 0.2) is 0 Å². The highest BCUT2D eigenvalue weighted by molar-refractivity contribution is 5.73. The van der Waals surface area contributed by atoms with Crippen molar-refractivity contribution >= 4 is 11.5 Å². The Morgan fingerprint density at radius 2 is 2.13 bits per heavy atom. The lowest BCUT2D eigenvalue weighted by molar-refractivity contribution is 0.342. The molecule has 0 spiro atoms. The lowest BCUT2D eigenvalue weighted by Crippen LogP contribution is -2.29. The smallest absolute Gasteiger partial charge is 0.140 e. The molecule has 0 amide bonds. The lowest BCUT2D eigenvalue weighted by atomic mass is 10.1. The van der Waals surface area contributed by atoms with Crippen LogP contribution < -0.4 is 15.4 Å². The predicted octanol–water partition coefficient (Wildman–Crippen LogP) is 2.53. The predicted molar refractivity (Wildman–Crippen MR) is 112 cm³/mol. The molecule has 1 aliphatic heterocycles. The van der Waals surface area contributed by atoms with E-state index in [0.29, 0.717) is 18.9 Å². The van der Waals surface area contributed by atoms with Crippen LogP contribution >= 0.6 is 0 Å². The minimum Gasteiger partial charge on any atom is -0.496 e. The number of nitrogens with one attached hydrogen (secondary N) is 2. The van der Waals surface area contributed by atoms with Gasteiger partial charge in [0.1, 0.15) is 23.4 Å². The van der Waals surface area contributed by atoms with E-state index in [1.54, 1.807) is 24.2 Å². The Hall–Kier alpha value is -3.46. The monoisotopic (exact) mass is 407 g/mol. The number of halogens is 1. The van der Waals surface area contributed by atoms with Crippen molar-refractivity contribution in [3.8, 4) is 28.3 Å². The van der Waals surface area contributed by atoms with Crippen molar-refractivity contribution in [2.24, 2.45) is 7.05 Å². The van der Waals surface area contributed by atoms with Crippen LogP contribution in [0.5, 0.6) is 5.75 Å². The van der Waals surface area contributed by atoms with Gasteiger partial charge in [0.25, 0.3) is 0 Å². The summed E-state index contributed by atoms with van der Waals surface area (Å²) in [5.74, 6) is 1.36. The molecule has 0 aromatic carbocycles. The number of imidazole rings is 1. The highest BCUT2D eigenvalue weighted by atomic mass is 19.1. The van der Waals surface area contributed by atoms with Crippen molar-refractivity contribution < 1.29 is 9.13 Å². The van der Waals surface area contributed by atoms with Gasteiger partial charge < -0.3 is 15.4 Å². The average Bonchev–Trinajstić information content (AvgIpc) is 3.47. The summed E-state index contributed by atoms with van der Waals surface area (Å²) in [5, 5.41) is 10.5. The minimum absolute atomic E-state index is 0.281. The highest BCUT2D eigenvalue weighted by Gasteiger charge is 2.26. The lowest BCUT2D eigenvalue weighted by Gasteiger charge is -2.15. The molecule has 154 valence electrons. The largest absolute Gasteiger partial charge is 0.496 e. The molecular weight excluding hydrogens is 385 g/mol. The van der Waals surface area contributed by atoms with Crippen LogP contribution in [0.2, 0.25) is 0 Å². The zero-order valence-corrected chi connectivity index (χ0v) is 16.7. The number of methoxy groups -OCH3 is 1. The number of hydrogen-bond acceptors (Lipinski definition) is 6. The number of nitrogens with zero attached hydrogens (tertiary/aromatic N) is 5. The molecule has 2 N–H and O–H groups in total. The summed E-state index contributed by atoms with van der Waals surface area (Å²) in [7, 11) is 3.52. The first-order chi connectivity index (χ1) is 14.6. The molecule has 5 rings (SSSR count). The molecule has 1 saturated heterocycles. The number of alkyl halides is 1. The molecule has 0 radical (unpaired) electrons. The number of anilines is 1. The minimum atomic E-state index is -0.930. The van der Waals surface area contributed by atoms with Gasteiger partial charge >= 0.3 is 0 Å². The van der Waals surface area contributed by atoms with E-state index in [0.717, 1.165) is 33.9 Å². The standard InChI is InChI=1S/C21H22FN7O/c1-28-11-13(7-25-28)14-12-29-18(10-24-21(29)6-19(14)30-2)16-4-3-5-20(26-16)27-17-9-23-8-15(17)22/h3-7,10-12,15,17,23H,8-9H2,1-2H3,(H,26,27)/t15-,17-/m0/s1. The molecule has 5 heterocycles. The van der Waals surface area contributed by atoms with Gasteiger partial charge in [0.2, 0.25) is 0 Å². The van der Waals surface area contributed by atoms with Gasteiger partial charge in [-0.25, -0.2) is 14.4 Å². The molecule has 0 unspecified atom stereocenters. The maximum atomic E-state index is 13.9. The Bertz CT molecular complexity index is 1200. The fourth-order valence-corrected chi connectivity index (χ4v) is 3.78. The van der Waals surface area contributed by atoms with Crippen molar-refractivity contribution in [3.05, 3.63) is 49.1 Å². The van der Waals surface area contributed by atoms with Gasteiger partial charge in [0, 0.05) is 49.7 Å². The summed E-state index contributed by atoms with van der Waals surface area (Å²) in [4.78, 5) is 9.22. The molecule has 30 heavy (non-hydrogen) atoms. The Morgan fingerprint density at radius 1 is 1.23 bits per heavy atom. The van der Waals surface area contributed by atoms with Crippen LogP contribution in [-0.4, -0.2) is 56.6 Å². The van der Waals surface area contributed by atoms with Gasteiger partial charge in [-0.2, -0.15) is 5.10 Å². The number of aryl methyl sites for hydroxylation is 1. The van der Waals surface area contributed by atoms with Gasteiger partial charge in [-0.05, 0) is 12.1 Å². The quantitative estimate of drug-likeness (QED) is 0.529. The van der Waals surface area contributed by atoms with E-state index >= 15 is 0 Å². The van der Waals surface area contributed by atoms with Crippen molar-refractivity contribution in [2.75, 3.05) is 25.5 Å². The van der Waals surface area contributed by atoms with Crippen LogP contribution in [0.4, 0.5) is 10.2 Å². The molecule has 4 aromatic rings. The Kier molecular flexibility index (Phi) is 4.59. The van der Waals surface area contributed by atoms with Gasteiger partial charge in [0.05, 0.1) is 36.9 Å². The third-order valence-corrected chi connectivity index (χ3v) is 5.33. The van der Waals surface area contributed by atoms with E-state index in [2.05, 4.69) is 20.7 Å². The third kappa shape index (κ3) is 3.26. The van der Waals surface area contributed by atoms with Crippen molar-refractivity contribution in [3.63, 3.8) is 0 Å². The highest BCUT2D eigenvalue weighted by Crippen LogP contribution is 2.32. The van der Waals surface area contributed by atoms with Crippen molar-refractivity contribution in [1.82, 2.24) is 29.5 Å². The molecule has 0 aliphatic carbocycles.